The maximum absolute atomic E-state index is 12.6. The van der Waals surface area contributed by atoms with Crippen LogP contribution >= 0.6 is 0 Å². The Labute approximate surface area is 146 Å². The van der Waals surface area contributed by atoms with Crippen molar-refractivity contribution in [3.05, 3.63) is 41.5 Å². The van der Waals surface area contributed by atoms with Crippen molar-refractivity contribution in [1.82, 2.24) is 4.90 Å². The highest BCUT2D eigenvalue weighted by molar-refractivity contribution is 5.99. The van der Waals surface area contributed by atoms with E-state index in [9.17, 15) is 18.0 Å². The van der Waals surface area contributed by atoms with Crippen molar-refractivity contribution in [1.29, 1.82) is 0 Å². The Morgan fingerprint density at radius 3 is 2.20 bits per heavy atom. The highest BCUT2D eigenvalue weighted by Gasteiger charge is 2.44. The molecule has 2 atom stereocenters. The molecule has 2 unspecified atom stereocenters. The van der Waals surface area contributed by atoms with Gasteiger partial charge in [-0.15, -0.1) is 0 Å². The van der Waals surface area contributed by atoms with Gasteiger partial charge in [0.05, 0.1) is 14.0 Å². The van der Waals surface area contributed by atoms with E-state index in [1.807, 2.05) is 0 Å². The average Bonchev–Trinajstić information content (AvgIpc) is 2.50. The number of rotatable bonds is 2. The van der Waals surface area contributed by atoms with Gasteiger partial charge < -0.3 is 10.2 Å². The van der Waals surface area contributed by atoms with E-state index in [-0.39, 0.29) is 14.3 Å². The molecule has 0 radical (unpaired) electrons. The largest absolute Gasteiger partial charge is 0.416 e. The molecule has 0 aromatic heterocycles. The van der Waals surface area contributed by atoms with E-state index in [1.54, 1.807) is 6.08 Å². The minimum Gasteiger partial charge on any atom is -0.323 e. The second-order valence-electron chi connectivity index (χ2n) is 7.16. The molecule has 1 aromatic carbocycles. The molecule has 1 amide bonds. The number of nitrogens with one attached hydrogen (secondary N) is 1. The van der Waals surface area contributed by atoms with Crippen LogP contribution in [0, 0.1) is 17.8 Å². The number of amides is 1. The molecule has 3 nitrogen and oxygen atoms in total. The molecule has 1 N–H and O–H groups in total. The average molecular weight is 350 g/mol. The predicted octanol–water partition coefficient (Wildman–Crippen LogP) is 2.36. The fourth-order valence-electron chi connectivity index (χ4n) is 4.54. The summed E-state index contributed by atoms with van der Waals surface area (Å²) in [5.74, 6) is 1.45. The van der Waals surface area contributed by atoms with E-state index in [4.69, 9.17) is 0 Å². The molecule has 7 heteroatoms. The number of benzene rings is 1. The number of piperidine rings is 3. The number of hydrogen-bond donors (Lipinski definition) is 1. The maximum Gasteiger partial charge on any atom is 0.416 e. The third-order valence-electron chi connectivity index (χ3n) is 5.43. The zero-order chi connectivity index (χ0) is 16.9. The number of alkyl halides is 3. The van der Waals surface area contributed by atoms with Crippen molar-refractivity contribution in [2.24, 2.45) is 17.8 Å². The minimum atomic E-state index is -4.36. The van der Waals surface area contributed by atoms with Gasteiger partial charge in [-0.05, 0) is 54.9 Å². The normalized spacial score (nSPS) is 30.0. The van der Waals surface area contributed by atoms with Gasteiger partial charge >= 0.3 is 6.18 Å². The molecule has 25 heavy (non-hydrogen) atoms. The molecule has 4 bridgehead atoms. The number of carbonyl (C=O) groups excluding carboxylic acids is 1. The lowest BCUT2D eigenvalue weighted by Crippen LogP contribution is -2.54. The molecule has 4 aliphatic rings. The Balaban J connectivity index is 0.00000182. The Bertz CT molecular complexity index is 655. The summed E-state index contributed by atoms with van der Waals surface area (Å²) in [6, 6.07) is 4.56. The smallest absolute Gasteiger partial charge is 0.323 e. The summed E-state index contributed by atoms with van der Waals surface area (Å²) >= 11 is 0. The number of hydrogen-bond acceptors (Lipinski definition) is 2. The highest BCUT2D eigenvalue weighted by Crippen LogP contribution is 2.46. The van der Waals surface area contributed by atoms with Crippen molar-refractivity contribution < 1.29 is 18.0 Å². The van der Waals surface area contributed by atoms with Crippen LogP contribution in [0.2, 0.25) is 0 Å². The minimum absolute atomic E-state index is 0. The summed E-state index contributed by atoms with van der Waals surface area (Å²) in [6.07, 6.45) is -0.356. The molecule has 3 saturated heterocycles. The molecule has 1 saturated carbocycles. The summed E-state index contributed by atoms with van der Waals surface area (Å²) in [5.41, 5.74) is 0.901. The lowest BCUT2D eigenvalue weighted by atomic mass is 9.65. The molecule has 0 spiro atoms. The van der Waals surface area contributed by atoms with Gasteiger partial charge in [-0.3, -0.25) is 4.79 Å². The van der Waals surface area contributed by atoms with Crippen molar-refractivity contribution in [3.8, 4) is 0 Å². The highest BCUT2D eigenvalue weighted by atomic mass is 19.4. The molecule has 3 heterocycles. The van der Waals surface area contributed by atoms with E-state index in [0.717, 1.165) is 44.0 Å². The Morgan fingerprint density at radius 1 is 1.08 bits per heavy atom. The van der Waals surface area contributed by atoms with Crippen LogP contribution in [-0.4, -0.2) is 38.9 Å². The number of nitrogens with zero attached hydrogens (tertiary/aromatic N) is 1. The van der Waals surface area contributed by atoms with Crippen LogP contribution in [0.5, 0.6) is 0 Å². The maximum atomic E-state index is 12.6. The SMILES string of the molecule is B.O=C(C=C1C2CC3CC1CN(C3)C2)Nc1ccc(C(F)(F)F)cc1. The first-order valence-corrected chi connectivity index (χ1v) is 8.30. The van der Waals surface area contributed by atoms with E-state index in [2.05, 4.69) is 10.2 Å². The van der Waals surface area contributed by atoms with Crippen LogP contribution in [0.25, 0.3) is 0 Å². The van der Waals surface area contributed by atoms with Crippen molar-refractivity contribution >= 4 is 20.0 Å². The molecule has 3 aliphatic heterocycles. The molecule has 1 aromatic rings. The third kappa shape index (κ3) is 3.61. The second-order valence-corrected chi connectivity index (χ2v) is 7.16. The van der Waals surface area contributed by atoms with Crippen molar-refractivity contribution in [2.45, 2.75) is 19.0 Å². The second kappa shape index (κ2) is 6.52. The van der Waals surface area contributed by atoms with Gasteiger partial charge in [0, 0.05) is 31.4 Å². The first-order valence-electron chi connectivity index (χ1n) is 8.30. The Hall–Kier alpha value is -1.76. The number of halogens is 3. The van der Waals surface area contributed by atoms with E-state index < -0.39 is 11.7 Å². The van der Waals surface area contributed by atoms with Gasteiger partial charge in [0.25, 0.3) is 0 Å². The van der Waals surface area contributed by atoms with Gasteiger partial charge in [-0.25, -0.2) is 0 Å². The molecule has 5 rings (SSSR count). The van der Waals surface area contributed by atoms with Gasteiger partial charge in [0.1, 0.15) is 0 Å². The van der Waals surface area contributed by atoms with Crippen LogP contribution in [0.3, 0.4) is 0 Å². The van der Waals surface area contributed by atoms with E-state index in [0.29, 0.717) is 17.5 Å². The molecule has 4 fully saturated rings. The van der Waals surface area contributed by atoms with Gasteiger partial charge in [-0.1, -0.05) is 5.57 Å². The summed E-state index contributed by atoms with van der Waals surface area (Å²) in [6.45, 7) is 3.26. The molecular formula is C18H22BF3N2O. The van der Waals surface area contributed by atoms with Gasteiger partial charge in [-0.2, -0.15) is 13.2 Å². The van der Waals surface area contributed by atoms with Crippen LogP contribution < -0.4 is 5.32 Å². The van der Waals surface area contributed by atoms with Crippen LogP contribution in [0.1, 0.15) is 18.4 Å². The first kappa shape index (κ1) is 18.0. The predicted molar refractivity (Wildman–Crippen MR) is 94.2 cm³/mol. The summed E-state index contributed by atoms with van der Waals surface area (Å²) in [7, 11) is 0. The molecule has 134 valence electrons. The lowest BCUT2D eigenvalue weighted by molar-refractivity contribution is -0.137. The number of carbonyl (C=O) groups is 1. The third-order valence-corrected chi connectivity index (χ3v) is 5.43. The lowest BCUT2D eigenvalue weighted by Gasteiger charge is -2.53. The Kier molecular flexibility index (Phi) is 4.71. The fraction of sp³-hybridized carbons (Fsp3) is 0.500. The topological polar surface area (TPSA) is 32.3 Å². The van der Waals surface area contributed by atoms with Crippen molar-refractivity contribution in [2.75, 3.05) is 25.0 Å². The monoisotopic (exact) mass is 350 g/mol. The summed E-state index contributed by atoms with van der Waals surface area (Å²) in [5, 5.41) is 2.68. The van der Waals surface area contributed by atoms with Crippen LogP contribution in [0.15, 0.2) is 35.9 Å². The first-order chi connectivity index (χ1) is 11.4. The standard InChI is InChI=1S/C18H19F3N2O.BH3/c19-18(20,21)14-1-3-15(4-2-14)22-17(24)7-16-12-5-11-6-13(16)10-23(8-11)9-12;/h1-4,7,11-13H,5-6,8-10H2,(H,22,24);1H3. The van der Waals surface area contributed by atoms with E-state index >= 15 is 0 Å². The zero-order valence-corrected chi connectivity index (χ0v) is 13.1. The van der Waals surface area contributed by atoms with E-state index in [1.165, 1.54) is 24.3 Å². The van der Waals surface area contributed by atoms with Crippen molar-refractivity contribution in [3.63, 3.8) is 0 Å². The zero-order valence-electron chi connectivity index (χ0n) is 13.1. The van der Waals surface area contributed by atoms with Gasteiger partial charge in [0.15, 0.2) is 0 Å². The molecular weight excluding hydrogens is 328 g/mol. The Morgan fingerprint density at radius 2 is 1.68 bits per heavy atom. The number of anilines is 1. The summed E-state index contributed by atoms with van der Waals surface area (Å²) in [4.78, 5) is 14.7. The van der Waals surface area contributed by atoms with Crippen LogP contribution in [-0.2, 0) is 11.0 Å². The fourth-order valence-corrected chi connectivity index (χ4v) is 4.54. The van der Waals surface area contributed by atoms with Crippen LogP contribution in [0.4, 0.5) is 18.9 Å². The quantitative estimate of drug-likeness (QED) is 0.656. The van der Waals surface area contributed by atoms with Gasteiger partial charge in [0.2, 0.25) is 5.91 Å². The molecule has 1 aliphatic carbocycles. The summed E-state index contributed by atoms with van der Waals surface area (Å²) < 4.78 is 37.7.